The Morgan fingerprint density at radius 3 is 0.625 bits per heavy atom. The van der Waals surface area contributed by atoms with E-state index in [2.05, 4.69) is 36.4 Å². The number of rotatable bonds is 10. The molecule has 0 fully saturated rings. The SMILES string of the molecule is Cc1cc(C)cc(P(=O)(CC(P(=O)(c2cc(C)cc(C)c2)c2cc(C)cc(C)c2)P(=O)(c2cc(C)cc(C)c2)c2cc(C)cc(C)c2)c2cc(C)cc(C)c2)c1. The Bertz CT molecular complexity index is 2240. The second-order valence-corrected chi connectivity index (χ2v) is 26.0. The molecule has 0 aromatic heterocycles. The van der Waals surface area contributed by atoms with Gasteiger partial charge in [-0.1, -0.05) is 103 Å². The van der Waals surface area contributed by atoms with Crippen molar-refractivity contribution in [3.8, 4) is 0 Å². The highest BCUT2D eigenvalue weighted by Crippen LogP contribution is 2.70. The Morgan fingerprint density at radius 1 is 0.286 bits per heavy atom. The summed E-state index contributed by atoms with van der Waals surface area (Å²) in [5.74, 6) is 0. The lowest BCUT2D eigenvalue weighted by molar-refractivity contribution is 0.570. The maximum atomic E-state index is 17.6. The largest absolute Gasteiger partial charge is 0.314 e. The van der Waals surface area contributed by atoms with Crippen LogP contribution >= 0.6 is 21.4 Å². The molecule has 0 saturated heterocycles. The maximum Gasteiger partial charge on any atom is 0.154 e. The van der Waals surface area contributed by atoms with Gasteiger partial charge in [0.1, 0.15) is 7.14 Å². The Labute approximate surface area is 336 Å². The zero-order chi connectivity index (χ0) is 40.9. The molecule has 0 atom stereocenters. The Balaban J connectivity index is 1.88. The molecule has 0 heterocycles. The molecule has 0 aliphatic heterocycles. The molecule has 0 aliphatic rings. The lowest BCUT2D eigenvalue weighted by Gasteiger charge is -2.38. The van der Waals surface area contributed by atoms with E-state index in [0.29, 0.717) is 31.8 Å². The molecular formula is C50H57O3P3. The summed E-state index contributed by atoms with van der Waals surface area (Å²) in [7, 11) is -11.7. The van der Waals surface area contributed by atoms with Gasteiger partial charge in [0.25, 0.3) is 0 Å². The first-order chi connectivity index (χ1) is 26.2. The predicted molar refractivity (Wildman–Crippen MR) is 245 cm³/mol. The highest BCUT2D eigenvalue weighted by molar-refractivity contribution is 7.96. The van der Waals surface area contributed by atoms with Gasteiger partial charge >= 0.3 is 0 Å². The molecule has 0 saturated carbocycles. The van der Waals surface area contributed by atoms with Gasteiger partial charge in [0, 0.05) is 38.0 Å². The number of hydrogen-bond acceptors (Lipinski definition) is 3. The Hall–Kier alpha value is -3.99. The van der Waals surface area contributed by atoms with Crippen LogP contribution in [0, 0.1) is 83.1 Å². The third-order valence-electron chi connectivity index (χ3n) is 10.9. The predicted octanol–water partition coefficient (Wildman–Crippen LogP) is 11.1. The van der Waals surface area contributed by atoms with Gasteiger partial charge in [0.15, 0.2) is 14.3 Å². The maximum absolute atomic E-state index is 17.6. The zero-order valence-electron chi connectivity index (χ0n) is 35.2. The highest BCUT2D eigenvalue weighted by atomic mass is 31.2. The minimum Gasteiger partial charge on any atom is -0.314 e. The van der Waals surface area contributed by atoms with Crippen LogP contribution in [0.2, 0.25) is 0 Å². The average molecular weight is 799 g/mol. The Morgan fingerprint density at radius 2 is 0.446 bits per heavy atom. The highest BCUT2D eigenvalue weighted by Gasteiger charge is 2.53. The van der Waals surface area contributed by atoms with Gasteiger partial charge in [-0.25, -0.2) is 0 Å². The first-order valence-corrected chi connectivity index (χ1v) is 25.0. The van der Waals surface area contributed by atoms with E-state index >= 15 is 13.7 Å². The van der Waals surface area contributed by atoms with E-state index in [1.54, 1.807) is 0 Å². The van der Waals surface area contributed by atoms with E-state index in [0.717, 1.165) is 66.8 Å². The fraction of sp³-hybridized carbons (Fsp3) is 0.280. The van der Waals surface area contributed by atoms with Crippen molar-refractivity contribution >= 4 is 53.3 Å². The molecule has 0 amide bonds. The molecule has 0 spiro atoms. The zero-order valence-corrected chi connectivity index (χ0v) is 37.9. The lowest BCUT2D eigenvalue weighted by Crippen LogP contribution is -2.38. The summed E-state index contributed by atoms with van der Waals surface area (Å²) in [5, 5.41) is 2.90. The molecule has 3 nitrogen and oxygen atoms in total. The molecule has 6 aromatic carbocycles. The summed E-state index contributed by atoms with van der Waals surface area (Å²) in [6.07, 6.45) is -0.0622. The minimum atomic E-state index is -3.98. The van der Waals surface area contributed by atoms with E-state index in [1.165, 1.54) is 0 Å². The van der Waals surface area contributed by atoms with E-state index in [9.17, 15) is 0 Å². The summed E-state index contributed by atoms with van der Waals surface area (Å²) in [6.45, 7) is 24.4. The van der Waals surface area contributed by atoms with Crippen molar-refractivity contribution in [3.05, 3.63) is 176 Å². The molecule has 0 aliphatic carbocycles. The van der Waals surface area contributed by atoms with Gasteiger partial charge < -0.3 is 13.7 Å². The van der Waals surface area contributed by atoms with Crippen LogP contribution in [0.15, 0.2) is 109 Å². The Kier molecular flexibility index (Phi) is 11.7. The van der Waals surface area contributed by atoms with Crippen molar-refractivity contribution in [2.75, 3.05) is 6.16 Å². The molecular weight excluding hydrogens is 741 g/mol. The van der Waals surface area contributed by atoms with E-state index < -0.39 is 26.8 Å². The van der Waals surface area contributed by atoms with Crippen LogP contribution in [-0.4, -0.2) is 11.6 Å². The summed E-state index contributed by atoms with van der Waals surface area (Å²) in [5.41, 5.74) is 11.8. The summed E-state index contributed by atoms with van der Waals surface area (Å²) in [4.78, 5) is 0. The summed E-state index contributed by atoms with van der Waals surface area (Å²) < 4.78 is 52.1. The van der Waals surface area contributed by atoms with Crippen LogP contribution < -0.4 is 31.8 Å². The molecule has 0 N–H and O–H groups in total. The van der Waals surface area contributed by atoms with E-state index in [4.69, 9.17) is 0 Å². The molecule has 56 heavy (non-hydrogen) atoms. The van der Waals surface area contributed by atoms with Crippen LogP contribution in [0.1, 0.15) is 66.8 Å². The van der Waals surface area contributed by atoms with Gasteiger partial charge in [0.2, 0.25) is 0 Å². The van der Waals surface area contributed by atoms with E-state index in [1.807, 2.05) is 156 Å². The third-order valence-corrected chi connectivity index (χ3v) is 22.6. The lowest BCUT2D eigenvalue weighted by atomic mass is 10.2. The summed E-state index contributed by atoms with van der Waals surface area (Å²) >= 11 is 0. The van der Waals surface area contributed by atoms with E-state index in [-0.39, 0.29) is 6.16 Å². The van der Waals surface area contributed by atoms with Crippen molar-refractivity contribution in [2.45, 2.75) is 88.5 Å². The van der Waals surface area contributed by atoms with Crippen molar-refractivity contribution < 1.29 is 13.7 Å². The van der Waals surface area contributed by atoms with Crippen molar-refractivity contribution in [3.63, 3.8) is 0 Å². The quantitative estimate of drug-likeness (QED) is 0.130. The first kappa shape index (κ1) is 41.6. The number of hydrogen-bond donors (Lipinski definition) is 0. The average Bonchev–Trinajstić information content (AvgIpc) is 3.07. The molecule has 290 valence electrons. The molecule has 6 rings (SSSR count). The van der Waals surface area contributed by atoms with Crippen LogP contribution in [0.4, 0.5) is 0 Å². The molecule has 0 radical (unpaired) electrons. The minimum absolute atomic E-state index is 0.0622. The molecule has 0 unspecified atom stereocenters. The fourth-order valence-corrected chi connectivity index (χ4v) is 23.5. The van der Waals surface area contributed by atoms with Crippen LogP contribution in [0.5, 0.6) is 0 Å². The van der Waals surface area contributed by atoms with Crippen molar-refractivity contribution in [1.82, 2.24) is 0 Å². The monoisotopic (exact) mass is 798 g/mol. The first-order valence-electron chi connectivity index (χ1n) is 19.5. The van der Waals surface area contributed by atoms with Gasteiger partial charge in [-0.2, -0.15) is 0 Å². The number of benzene rings is 6. The topological polar surface area (TPSA) is 51.2 Å². The molecule has 0 bridgehead atoms. The fourth-order valence-electron chi connectivity index (χ4n) is 8.92. The third kappa shape index (κ3) is 8.20. The summed E-state index contributed by atoms with van der Waals surface area (Å²) in [6, 6.07) is 36.8. The van der Waals surface area contributed by atoms with Gasteiger partial charge in [-0.05, 0) is 156 Å². The van der Waals surface area contributed by atoms with Gasteiger partial charge in [-0.3, -0.25) is 0 Å². The van der Waals surface area contributed by atoms with Crippen molar-refractivity contribution in [1.29, 1.82) is 0 Å². The van der Waals surface area contributed by atoms with Gasteiger partial charge in [0.05, 0.1) is 5.40 Å². The van der Waals surface area contributed by atoms with Crippen molar-refractivity contribution in [2.24, 2.45) is 0 Å². The second-order valence-electron chi connectivity index (χ2n) is 16.8. The smallest absolute Gasteiger partial charge is 0.154 e. The van der Waals surface area contributed by atoms with Crippen LogP contribution in [0.3, 0.4) is 0 Å². The molecule has 6 aromatic rings. The van der Waals surface area contributed by atoms with Crippen LogP contribution in [-0.2, 0) is 13.7 Å². The molecule has 6 heteroatoms. The normalized spacial score (nSPS) is 12.4. The number of aryl methyl sites for hydroxylation is 12. The second kappa shape index (κ2) is 15.7. The van der Waals surface area contributed by atoms with Crippen LogP contribution in [0.25, 0.3) is 0 Å². The van der Waals surface area contributed by atoms with Gasteiger partial charge in [-0.15, -0.1) is 0 Å². The standard InChI is InChI=1S/C50H57O3P3/c1-32-13-33(2)20-44(19-32)54(51,45-21-34(3)14-35(4)22-45)31-50(55(52,46-23-36(5)15-37(6)24-46)47-25-38(7)16-39(8)26-47)56(53,48-27-40(9)17-41(10)28-48)49-29-42(11)18-43(12)30-49/h13-30,50H,31H2,1-12H3.